The summed E-state index contributed by atoms with van der Waals surface area (Å²) in [5.74, 6) is 1.15. The van der Waals surface area contributed by atoms with Crippen molar-refractivity contribution in [1.82, 2.24) is 0 Å². The third-order valence-electron chi connectivity index (χ3n) is 1.15. The summed E-state index contributed by atoms with van der Waals surface area (Å²) in [7, 11) is 0. The van der Waals surface area contributed by atoms with Crippen molar-refractivity contribution in [3.05, 3.63) is 10.7 Å². The highest BCUT2D eigenvalue weighted by Gasteiger charge is 2.07. The number of thioether (sulfide) groups is 1. The summed E-state index contributed by atoms with van der Waals surface area (Å²) in [5.41, 5.74) is 5.30. The second-order valence-corrected chi connectivity index (χ2v) is 3.84. The summed E-state index contributed by atoms with van der Waals surface area (Å²) in [4.78, 5) is 4.28. The highest BCUT2D eigenvalue weighted by atomic mass is 79.9. The molecule has 0 saturated carbocycles. The Bertz CT molecular complexity index is 177. The Kier molecular flexibility index (Phi) is 3.28. The van der Waals surface area contributed by atoms with Crippen LogP contribution in [0.3, 0.4) is 0 Å². The molecule has 1 heterocycles. The monoisotopic (exact) mass is 220 g/mol. The van der Waals surface area contributed by atoms with Crippen LogP contribution in [0, 0.1) is 0 Å². The fourth-order valence-corrected chi connectivity index (χ4v) is 2.00. The zero-order valence-corrected chi connectivity index (χ0v) is 7.91. The minimum absolute atomic E-state index is 0.914. The Morgan fingerprint density at radius 3 is 3.10 bits per heavy atom. The van der Waals surface area contributed by atoms with Crippen LogP contribution in [0.25, 0.3) is 0 Å². The van der Waals surface area contributed by atoms with Crippen molar-refractivity contribution in [1.29, 1.82) is 0 Å². The van der Waals surface area contributed by atoms with Gasteiger partial charge in [-0.05, 0) is 22.4 Å². The number of hydrogen-bond donors (Lipinski definition) is 1. The Morgan fingerprint density at radius 2 is 2.60 bits per heavy atom. The molecule has 2 N–H and O–H groups in total. The van der Waals surface area contributed by atoms with Gasteiger partial charge >= 0.3 is 0 Å². The minimum Gasteiger partial charge on any atom is -0.404 e. The molecule has 0 aromatic heterocycles. The van der Waals surface area contributed by atoms with Crippen LogP contribution < -0.4 is 5.73 Å². The summed E-state index contributed by atoms with van der Waals surface area (Å²) < 4.78 is 0.914. The van der Waals surface area contributed by atoms with Gasteiger partial charge in [-0.15, -0.1) is 11.8 Å². The number of nitrogens with zero attached hydrogens (tertiary/aromatic N) is 1. The first kappa shape index (κ1) is 8.14. The second kappa shape index (κ2) is 4.03. The lowest BCUT2D eigenvalue weighted by molar-refractivity contribution is 0.940. The van der Waals surface area contributed by atoms with E-state index in [1.54, 1.807) is 11.8 Å². The van der Waals surface area contributed by atoms with Gasteiger partial charge in [0.15, 0.2) is 0 Å². The molecule has 0 aromatic carbocycles. The van der Waals surface area contributed by atoms with Gasteiger partial charge in [0, 0.05) is 18.5 Å². The number of aliphatic imine (C=N–C) groups is 1. The molecular formula is C6H9BrN2S. The topological polar surface area (TPSA) is 38.4 Å². The maximum Gasteiger partial charge on any atom is 0.106 e. The Hall–Kier alpha value is 0.0400. The van der Waals surface area contributed by atoms with E-state index in [-0.39, 0.29) is 0 Å². The third kappa shape index (κ3) is 2.02. The quantitative estimate of drug-likeness (QED) is 0.732. The Balaban J connectivity index is 2.62. The van der Waals surface area contributed by atoms with E-state index in [0.717, 1.165) is 21.8 Å². The van der Waals surface area contributed by atoms with Crippen LogP contribution in [0.4, 0.5) is 0 Å². The maximum atomic E-state index is 5.30. The van der Waals surface area contributed by atoms with Crippen LogP contribution in [-0.4, -0.2) is 17.3 Å². The largest absolute Gasteiger partial charge is 0.404 e. The van der Waals surface area contributed by atoms with E-state index >= 15 is 0 Å². The maximum absolute atomic E-state index is 5.30. The van der Waals surface area contributed by atoms with Crippen LogP contribution in [0.5, 0.6) is 0 Å². The standard InChI is InChI=1S/C6H9BrN2S/c7-5(4-8)6-9-2-1-3-10-6/h4H,1-3,8H2. The van der Waals surface area contributed by atoms with Gasteiger partial charge in [0.2, 0.25) is 0 Å². The fourth-order valence-electron chi connectivity index (χ4n) is 0.675. The van der Waals surface area contributed by atoms with Crippen LogP contribution in [0.15, 0.2) is 15.7 Å². The molecule has 10 heavy (non-hydrogen) atoms. The average Bonchev–Trinajstić information content (AvgIpc) is 2.05. The van der Waals surface area contributed by atoms with Crippen molar-refractivity contribution < 1.29 is 0 Å². The third-order valence-corrected chi connectivity index (χ3v) is 3.16. The zero-order chi connectivity index (χ0) is 7.40. The average molecular weight is 221 g/mol. The minimum atomic E-state index is 0.914. The van der Waals surface area contributed by atoms with Gasteiger partial charge in [0.25, 0.3) is 0 Å². The van der Waals surface area contributed by atoms with Gasteiger partial charge in [-0.2, -0.15) is 0 Å². The van der Waals surface area contributed by atoms with Crippen molar-refractivity contribution in [2.24, 2.45) is 10.7 Å². The molecule has 2 nitrogen and oxygen atoms in total. The lowest BCUT2D eigenvalue weighted by Crippen LogP contribution is -2.04. The van der Waals surface area contributed by atoms with E-state index in [1.165, 1.54) is 12.6 Å². The molecule has 0 aliphatic carbocycles. The SMILES string of the molecule is NC=C(Br)C1=NCCCS1. The number of nitrogens with two attached hydrogens (primary N) is 1. The molecule has 0 atom stereocenters. The first-order valence-corrected chi connectivity index (χ1v) is 4.87. The summed E-state index contributed by atoms with van der Waals surface area (Å²) in [5, 5.41) is 1.04. The number of halogens is 1. The molecule has 0 radical (unpaired) electrons. The molecule has 0 spiro atoms. The van der Waals surface area contributed by atoms with Crippen LogP contribution in [-0.2, 0) is 0 Å². The highest BCUT2D eigenvalue weighted by Crippen LogP contribution is 2.21. The summed E-state index contributed by atoms with van der Waals surface area (Å²) >= 11 is 5.07. The molecule has 0 unspecified atom stereocenters. The molecule has 56 valence electrons. The molecule has 0 fully saturated rings. The van der Waals surface area contributed by atoms with Crippen molar-refractivity contribution in [3.63, 3.8) is 0 Å². The highest BCUT2D eigenvalue weighted by molar-refractivity contribution is 9.12. The van der Waals surface area contributed by atoms with Crippen molar-refractivity contribution >= 4 is 32.7 Å². The molecule has 0 bridgehead atoms. The number of rotatable bonds is 1. The summed E-state index contributed by atoms with van der Waals surface area (Å²) in [6, 6.07) is 0. The van der Waals surface area contributed by atoms with Gasteiger partial charge in [0.05, 0.1) is 4.48 Å². The van der Waals surface area contributed by atoms with E-state index in [0.29, 0.717) is 0 Å². The van der Waals surface area contributed by atoms with Gasteiger partial charge in [-0.1, -0.05) is 0 Å². The van der Waals surface area contributed by atoms with Gasteiger partial charge in [-0.3, -0.25) is 4.99 Å². The van der Waals surface area contributed by atoms with Gasteiger partial charge in [-0.25, -0.2) is 0 Å². The van der Waals surface area contributed by atoms with Crippen molar-refractivity contribution in [3.8, 4) is 0 Å². The van der Waals surface area contributed by atoms with E-state index in [2.05, 4.69) is 20.9 Å². The molecule has 0 saturated heterocycles. The Morgan fingerprint density at radius 1 is 1.80 bits per heavy atom. The van der Waals surface area contributed by atoms with Crippen LogP contribution >= 0.6 is 27.7 Å². The molecule has 1 aliphatic rings. The summed E-state index contributed by atoms with van der Waals surface area (Å²) in [6.07, 6.45) is 2.72. The molecule has 1 rings (SSSR count). The predicted octanol–water partition coefficient (Wildman–Crippen LogP) is 1.72. The summed E-state index contributed by atoms with van der Waals surface area (Å²) in [6.45, 7) is 0.936. The van der Waals surface area contributed by atoms with E-state index in [1.807, 2.05) is 0 Å². The van der Waals surface area contributed by atoms with E-state index < -0.39 is 0 Å². The van der Waals surface area contributed by atoms with E-state index in [9.17, 15) is 0 Å². The lowest BCUT2D eigenvalue weighted by atomic mass is 10.5. The van der Waals surface area contributed by atoms with Crippen molar-refractivity contribution in [2.45, 2.75) is 6.42 Å². The predicted molar refractivity (Wildman–Crippen MR) is 50.6 cm³/mol. The molecular weight excluding hydrogens is 212 g/mol. The van der Waals surface area contributed by atoms with Crippen molar-refractivity contribution in [2.75, 3.05) is 12.3 Å². The first-order chi connectivity index (χ1) is 4.84. The van der Waals surface area contributed by atoms with Crippen LogP contribution in [0.2, 0.25) is 0 Å². The molecule has 4 heteroatoms. The molecule has 0 amide bonds. The zero-order valence-electron chi connectivity index (χ0n) is 5.51. The normalized spacial score (nSPS) is 20.5. The van der Waals surface area contributed by atoms with Crippen LogP contribution in [0.1, 0.15) is 6.42 Å². The lowest BCUT2D eigenvalue weighted by Gasteiger charge is -2.09. The van der Waals surface area contributed by atoms with E-state index in [4.69, 9.17) is 5.73 Å². The Labute approximate surface area is 73.1 Å². The van der Waals surface area contributed by atoms with Gasteiger partial charge < -0.3 is 5.73 Å². The second-order valence-electron chi connectivity index (χ2n) is 1.90. The molecule has 0 aromatic rings. The van der Waals surface area contributed by atoms with Gasteiger partial charge in [0.1, 0.15) is 5.04 Å². The smallest absolute Gasteiger partial charge is 0.106 e. The number of hydrogen-bond acceptors (Lipinski definition) is 3. The molecule has 1 aliphatic heterocycles. The first-order valence-electron chi connectivity index (χ1n) is 3.09. The fraction of sp³-hybridized carbons (Fsp3) is 0.500.